The topological polar surface area (TPSA) is 33.6 Å². The number of anilines is 1. The standard InChI is InChI=1S/C25H42N2O/c1-2-3-4-5-6-7-8-9-10-11-12-13-14-15-20-26-24-18-16-23(17-19-24)25-27-21-22-28-25/h16-19,26H,2-15,20-22H2,1H3. The van der Waals surface area contributed by atoms with Gasteiger partial charge in [0.2, 0.25) is 5.90 Å². The maximum atomic E-state index is 5.50. The Morgan fingerprint density at radius 2 is 1.29 bits per heavy atom. The second-order valence-corrected chi connectivity index (χ2v) is 8.14. The summed E-state index contributed by atoms with van der Waals surface area (Å²) in [6, 6.07) is 8.45. The molecule has 28 heavy (non-hydrogen) atoms. The SMILES string of the molecule is CCCCCCCCCCCCCCCCNc1ccc(C2=NCCO2)cc1. The second-order valence-electron chi connectivity index (χ2n) is 8.14. The Hall–Kier alpha value is -1.51. The highest BCUT2D eigenvalue weighted by atomic mass is 16.5. The molecule has 0 atom stereocenters. The number of ether oxygens (including phenoxy) is 1. The first-order chi connectivity index (χ1) is 13.9. The van der Waals surface area contributed by atoms with Crippen molar-refractivity contribution in [2.24, 2.45) is 4.99 Å². The van der Waals surface area contributed by atoms with E-state index in [1.54, 1.807) is 0 Å². The fourth-order valence-corrected chi connectivity index (χ4v) is 3.79. The summed E-state index contributed by atoms with van der Waals surface area (Å²) >= 11 is 0. The normalized spacial score (nSPS) is 13.4. The molecular weight excluding hydrogens is 344 g/mol. The van der Waals surface area contributed by atoms with E-state index in [9.17, 15) is 0 Å². The van der Waals surface area contributed by atoms with Crippen LogP contribution in [0.4, 0.5) is 5.69 Å². The third kappa shape index (κ3) is 10.1. The zero-order chi connectivity index (χ0) is 19.7. The Balaban J connectivity index is 1.35. The number of nitrogens with zero attached hydrogens (tertiary/aromatic N) is 1. The van der Waals surface area contributed by atoms with Crippen LogP contribution in [-0.4, -0.2) is 25.6 Å². The molecule has 0 saturated carbocycles. The van der Waals surface area contributed by atoms with Gasteiger partial charge < -0.3 is 10.1 Å². The lowest BCUT2D eigenvalue weighted by Gasteiger charge is -2.08. The Morgan fingerprint density at radius 3 is 1.79 bits per heavy atom. The molecule has 0 amide bonds. The smallest absolute Gasteiger partial charge is 0.216 e. The van der Waals surface area contributed by atoms with Crippen molar-refractivity contribution in [1.29, 1.82) is 0 Å². The van der Waals surface area contributed by atoms with Gasteiger partial charge in [0, 0.05) is 17.8 Å². The quantitative estimate of drug-likeness (QED) is 0.284. The van der Waals surface area contributed by atoms with Crippen LogP contribution in [0.15, 0.2) is 29.3 Å². The number of hydrogen-bond acceptors (Lipinski definition) is 3. The van der Waals surface area contributed by atoms with Crippen molar-refractivity contribution in [3.05, 3.63) is 29.8 Å². The molecule has 1 heterocycles. The maximum absolute atomic E-state index is 5.50. The molecule has 2 rings (SSSR count). The summed E-state index contributed by atoms with van der Waals surface area (Å²) in [6.45, 7) is 4.86. The van der Waals surface area contributed by atoms with E-state index in [0.717, 1.165) is 24.6 Å². The number of nitrogens with one attached hydrogen (secondary N) is 1. The summed E-state index contributed by atoms with van der Waals surface area (Å²) < 4.78 is 5.50. The molecule has 3 nitrogen and oxygen atoms in total. The molecule has 0 unspecified atom stereocenters. The third-order valence-corrected chi connectivity index (χ3v) is 5.58. The molecule has 1 aliphatic heterocycles. The Morgan fingerprint density at radius 1 is 0.750 bits per heavy atom. The summed E-state index contributed by atoms with van der Waals surface area (Å²) in [7, 11) is 0. The van der Waals surface area contributed by atoms with E-state index >= 15 is 0 Å². The van der Waals surface area contributed by atoms with Crippen LogP contribution in [0, 0.1) is 0 Å². The first-order valence-corrected chi connectivity index (χ1v) is 11.9. The minimum Gasteiger partial charge on any atom is -0.476 e. The number of aliphatic imine (C=N–C) groups is 1. The molecule has 1 aliphatic rings. The van der Waals surface area contributed by atoms with Gasteiger partial charge in [0.1, 0.15) is 6.61 Å². The van der Waals surface area contributed by atoms with Crippen molar-refractivity contribution in [2.75, 3.05) is 25.0 Å². The van der Waals surface area contributed by atoms with Gasteiger partial charge in [0.15, 0.2) is 0 Å². The Labute approximate surface area is 173 Å². The van der Waals surface area contributed by atoms with Crippen LogP contribution in [0.3, 0.4) is 0 Å². The van der Waals surface area contributed by atoms with Gasteiger partial charge in [-0.25, -0.2) is 4.99 Å². The minimum absolute atomic E-state index is 0.717. The maximum Gasteiger partial charge on any atom is 0.216 e. The van der Waals surface area contributed by atoms with Gasteiger partial charge in [-0.2, -0.15) is 0 Å². The van der Waals surface area contributed by atoms with Gasteiger partial charge in [-0.15, -0.1) is 0 Å². The van der Waals surface area contributed by atoms with Crippen molar-refractivity contribution in [2.45, 2.75) is 96.8 Å². The highest BCUT2D eigenvalue weighted by molar-refractivity contribution is 5.95. The lowest BCUT2D eigenvalue weighted by atomic mass is 10.0. The lowest BCUT2D eigenvalue weighted by molar-refractivity contribution is 0.348. The van der Waals surface area contributed by atoms with E-state index in [1.165, 1.54) is 95.6 Å². The van der Waals surface area contributed by atoms with Crippen LogP contribution in [0.2, 0.25) is 0 Å². The third-order valence-electron chi connectivity index (χ3n) is 5.58. The first-order valence-electron chi connectivity index (χ1n) is 11.9. The van der Waals surface area contributed by atoms with Gasteiger partial charge >= 0.3 is 0 Å². The zero-order valence-electron chi connectivity index (χ0n) is 18.2. The summed E-state index contributed by atoms with van der Waals surface area (Å²) in [5, 5.41) is 3.53. The van der Waals surface area contributed by atoms with E-state index in [4.69, 9.17) is 4.74 Å². The van der Waals surface area contributed by atoms with Crippen LogP contribution in [0.25, 0.3) is 0 Å². The predicted octanol–water partition coefficient (Wildman–Crippen LogP) is 7.36. The van der Waals surface area contributed by atoms with Crippen LogP contribution >= 0.6 is 0 Å². The summed E-state index contributed by atoms with van der Waals surface area (Å²) in [4.78, 5) is 4.35. The average Bonchev–Trinajstić information content (AvgIpc) is 3.26. The van der Waals surface area contributed by atoms with Crippen molar-refractivity contribution in [3.8, 4) is 0 Å². The van der Waals surface area contributed by atoms with E-state index in [1.807, 2.05) is 0 Å². The highest BCUT2D eigenvalue weighted by Crippen LogP contribution is 2.15. The molecule has 0 aliphatic carbocycles. The second kappa shape index (κ2) is 15.4. The fraction of sp³-hybridized carbons (Fsp3) is 0.720. The molecule has 1 N–H and O–H groups in total. The molecule has 0 bridgehead atoms. The predicted molar refractivity (Wildman–Crippen MR) is 123 cm³/mol. The minimum atomic E-state index is 0.717. The number of benzene rings is 1. The molecule has 1 aromatic carbocycles. The fourth-order valence-electron chi connectivity index (χ4n) is 3.79. The van der Waals surface area contributed by atoms with E-state index < -0.39 is 0 Å². The largest absolute Gasteiger partial charge is 0.476 e. The van der Waals surface area contributed by atoms with Crippen LogP contribution in [-0.2, 0) is 4.74 Å². The lowest BCUT2D eigenvalue weighted by Crippen LogP contribution is -2.03. The van der Waals surface area contributed by atoms with E-state index in [0.29, 0.717) is 6.61 Å². The van der Waals surface area contributed by atoms with Crippen molar-refractivity contribution < 1.29 is 4.74 Å². The summed E-state index contributed by atoms with van der Waals surface area (Å²) in [5.41, 5.74) is 2.27. The van der Waals surface area contributed by atoms with E-state index in [2.05, 4.69) is 41.5 Å². The van der Waals surface area contributed by atoms with Gasteiger partial charge in [-0.1, -0.05) is 90.4 Å². The molecule has 0 aromatic heterocycles. The van der Waals surface area contributed by atoms with Crippen LogP contribution in [0.5, 0.6) is 0 Å². The van der Waals surface area contributed by atoms with Gasteiger partial charge in [-0.05, 0) is 30.7 Å². The van der Waals surface area contributed by atoms with Crippen molar-refractivity contribution >= 4 is 11.6 Å². The highest BCUT2D eigenvalue weighted by Gasteiger charge is 2.09. The van der Waals surface area contributed by atoms with Crippen molar-refractivity contribution in [1.82, 2.24) is 0 Å². The monoisotopic (exact) mass is 386 g/mol. The molecule has 3 heteroatoms. The Kier molecular flexibility index (Phi) is 12.5. The van der Waals surface area contributed by atoms with E-state index in [-0.39, 0.29) is 0 Å². The molecule has 0 spiro atoms. The van der Waals surface area contributed by atoms with Gasteiger partial charge in [-0.3, -0.25) is 0 Å². The Bertz CT molecular complexity index is 524. The number of rotatable bonds is 17. The summed E-state index contributed by atoms with van der Waals surface area (Å²) in [5.74, 6) is 0.790. The van der Waals surface area contributed by atoms with Crippen LogP contribution in [0.1, 0.15) is 102 Å². The molecule has 0 radical (unpaired) electrons. The number of unbranched alkanes of at least 4 members (excludes halogenated alkanes) is 13. The molecule has 0 saturated heterocycles. The molecular formula is C25H42N2O. The molecule has 1 aromatic rings. The number of hydrogen-bond donors (Lipinski definition) is 1. The van der Waals surface area contributed by atoms with Gasteiger partial charge in [0.05, 0.1) is 6.54 Å². The average molecular weight is 387 g/mol. The molecule has 0 fully saturated rings. The molecule has 158 valence electrons. The van der Waals surface area contributed by atoms with Gasteiger partial charge in [0.25, 0.3) is 0 Å². The summed E-state index contributed by atoms with van der Waals surface area (Å²) in [6.07, 6.45) is 19.8. The zero-order valence-corrected chi connectivity index (χ0v) is 18.2. The first kappa shape index (κ1) is 22.8. The van der Waals surface area contributed by atoms with Crippen LogP contribution < -0.4 is 5.32 Å². The van der Waals surface area contributed by atoms with Crippen molar-refractivity contribution in [3.63, 3.8) is 0 Å².